The highest BCUT2D eigenvalue weighted by Crippen LogP contribution is 2.28. The van der Waals surface area contributed by atoms with Gasteiger partial charge in [0.05, 0.1) is 17.0 Å². The summed E-state index contributed by atoms with van der Waals surface area (Å²) in [6.45, 7) is 7.98. The van der Waals surface area contributed by atoms with Crippen LogP contribution in [0.4, 0.5) is 5.82 Å². The molecule has 0 unspecified atom stereocenters. The summed E-state index contributed by atoms with van der Waals surface area (Å²) in [5.41, 5.74) is 3.38. The van der Waals surface area contributed by atoms with Gasteiger partial charge in [-0.25, -0.2) is 14.6 Å². The Kier molecular flexibility index (Phi) is 5.86. The second kappa shape index (κ2) is 8.58. The molecule has 0 aromatic carbocycles. The largest absolute Gasteiger partial charge is 0.357 e. The van der Waals surface area contributed by atoms with Gasteiger partial charge in [-0.15, -0.1) is 11.3 Å². The van der Waals surface area contributed by atoms with Crippen molar-refractivity contribution < 1.29 is 4.79 Å². The summed E-state index contributed by atoms with van der Waals surface area (Å²) in [5.74, 6) is 0.783. The summed E-state index contributed by atoms with van der Waals surface area (Å²) < 4.78 is 1.31. The van der Waals surface area contributed by atoms with Crippen molar-refractivity contribution in [2.24, 2.45) is 7.05 Å². The zero-order valence-electron chi connectivity index (χ0n) is 18.2. The van der Waals surface area contributed by atoms with Crippen LogP contribution in [-0.2, 0) is 13.6 Å². The Morgan fingerprint density at radius 2 is 1.90 bits per heavy atom. The van der Waals surface area contributed by atoms with Gasteiger partial charge in [0.25, 0.3) is 11.5 Å². The van der Waals surface area contributed by atoms with Crippen LogP contribution in [-0.4, -0.2) is 38.7 Å². The van der Waals surface area contributed by atoms with E-state index in [9.17, 15) is 9.59 Å². The van der Waals surface area contributed by atoms with Crippen molar-refractivity contribution in [1.29, 1.82) is 0 Å². The van der Waals surface area contributed by atoms with Gasteiger partial charge in [-0.1, -0.05) is 6.07 Å². The highest BCUT2D eigenvalue weighted by Gasteiger charge is 2.21. The number of rotatable bonds is 5. The van der Waals surface area contributed by atoms with Crippen LogP contribution >= 0.6 is 11.3 Å². The molecule has 162 valence electrons. The van der Waals surface area contributed by atoms with E-state index in [2.05, 4.69) is 25.3 Å². The van der Waals surface area contributed by atoms with E-state index in [0.29, 0.717) is 27.7 Å². The topological polar surface area (TPSA) is 93.0 Å². The second-order valence-electron chi connectivity index (χ2n) is 7.85. The van der Waals surface area contributed by atoms with E-state index < -0.39 is 0 Å². The molecule has 4 rings (SSSR count). The minimum atomic E-state index is -0.215. The highest BCUT2D eigenvalue weighted by molar-refractivity contribution is 7.17. The molecule has 0 saturated carbocycles. The Morgan fingerprint density at radius 3 is 2.58 bits per heavy atom. The smallest absolute Gasteiger partial charge is 0.277 e. The first-order chi connectivity index (χ1) is 14.8. The average molecular weight is 439 g/mol. The Balaban J connectivity index is 1.49. The van der Waals surface area contributed by atoms with Crippen molar-refractivity contribution in [3.8, 4) is 10.6 Å². The molecule has 3 aromatic rings. The minimum Gasteiger partial charge on any atom is -0.357 e. The van der Waals surface area contributed by atoms with Crippen LogP contribution in [0.3, 0.4) is 0 Å². The summed E-state index contributed by atoms with van der Waals surface area (Å²) in [6, 6.07) is 4.01. The van der Waals surface area contributed by atoms with Gasteiger partial charge in [-0.05, 0) is 50.8 Å². The molecule has 0 spiro atoms. The van der Waals surface area contributed by atoms with Crippen molar-refractivity contribution in [2.45, 2.75) is 40.2 Å². The van der Waals surface area contributed by atoms with Crippen LogP contribution in [0, 0.1) is 20.8 Å². The molecular weight excluding hydrogens is 412 g/mol. The maximum Gasteiger partial charge on any atom is 0.277 e. The summed E-state index contributed by atoms with van der Waals surface area (Å²) in [4.78, 5) is 37.2. The Bertz CT molecular complexity index is 1180. The molecule has 1 amide bonds. The molecule has 1 aliphatic heterocycles. The molecular formula is C22H26N6O2S. The number of amides is 1. The number of anilines is 1. The number of nitrogens with zero attached hydrogens (tertiary/aromatic N) is 5. The van der Waals surface area contributed by atoms with Gasteiger partial charge < -0.3 is 10.2 Å². The number of nitrogens with one attached hydrogen (secondary N) is 1. The number of carbonyl (C=O) groups is 1. The van der Waals surface area contributed by atoms with Gasteiger partial charge in [-0.3, -0.25) is 9.59 Å². The Labute approximate surface area is 185 Å². The molecule has 3 aromatic heterocycles. The number of thiazole rings is 1. The van der Waals surface area contributed by atoms with Crippen molar-refractivity contribution in [1.82, 2.24) is 25.1 Å². The van der Waals surface area contributed by atoms with E-state index in [4.69, 9.17) is 0 Å². The summed E-state index contributed by atoms with van der Waals surface area (Å²) in [7, 11) is 1.62. The van der Waals surface area contributed by atoms with E-state index in [-0.39, 0.29) is 11.5 Å². The zero-order chi connectivity index (χ0) is 22.1. The first-order valence-electron chi connectivity index (χ1n) is 10.4. The van der Waals surface area contributed by atoms with Crippen molar-refractivity contribution in [3.05, 3.63) is 56.1 Å². The summed E-state index contributed by atoms with van der Waals surface area (Å²) in [6.07, 6.45) is 4.23. The van der Waals surface area contributed by atoms with E-state index in [1.165, 1.54) is 28.9 Å². The first-order valence-corrected chi connectivity index (χ1v) is 11.2. The van der Waals surface area contributed by atoms with Crippen LogP contribution in [0.25, 0.3) is 10.6 Å². The molecule has 0 radical (unpaired) electrons. The second-order valence-corrected chi connectivity index (χ2v) is 8.85. The lowest BCUT2D eigenvalue weighted by atomic mass is 10.1. The summed E-state index contributed by atoms with van der Waals surface area (Å²) in [5, 5.41) is 7.70. The number of carbonyl (C=O) groups excluding carboxylic acids is 1. The SMILES string of the molecule is Cc1nc(-c2c(C)c(C)nn(C)c2=O)sc1C(=O)NCc1ccc(N2CCCC2)nc1. The summed E-state index contributed by atoms with van der Waals surface area (Å²) >= 11 is 1.23. The third-order valence-electron chi connectivity index (χ3n) is 5.63. The van der Waals surface area contributed by atoms with Gasteiger partial charge in [-0.2, -0.15) is 5.10 Å². The van der Waals surface area contributed by atoms with Crippen molar-refractivity contribution >= 4 is 23.1 Å². The normalized spacial score (nSPS) is 13.6. The van der Waals surface area contributed by atoms with Crippen LogP contribution < -0.4 is 15.8 Å². The maximum atomic E-state index is 12.8. The molecule has 9 heteroatoms. The average Bonchev–Trinajstić information content (AvgIpc) is 3.41. The predicted octanol–water partition coefficient (Wildman–Crippen LogP) is 2.75. The number of aryl methyl sites for hydroxylation is 3. The maximum absolute atomic E-state index is 12.8. The Hall–Kier alpha value is -3.07. The molecule has 4 heterocycles. The molecule has 1 fully saturated rings. The van der Waals surface area contributed by atoms with Gasteiger partial charge in [0, 0.05) is 32.9 Å². The Morgan fingerprint density at radius 1 is 1.16 bits per heavy atom. The van der Waals surface area contributed by atoms with E-state index in [0.717, 1.165) is 35.7 Å². The fourth-order valence-corrected chi connectivity index (χ4v) is 4.81. The fourth-order valence-electron chi connectivity index (χ4n) is 3.73. The lowest BCUT2D eigenvalue weighted by Crippen LogP contribution is -2.23. The van der Waals surface area contributed by atoms with Gasteiger partial charge in [0.2, 0.25) is 0 Å². The van der Waals surface area contributed by atoms with Crippen molar-refractivity contribution in [2.75, 3.05) is 18.0 Å². The van der Waals surface area contributed by atoms with Crippen LogP contribution in [0.5, 0.6) is 0 Å². The van der Waals surface area contributed by atoms with E-state index in [1.807, 2.05) is 32.2 Å². The molecule has 1 aliphatic rings. The molecule has 0 aliphatic carbocycles. The van der Waals surface area contributed by atoms with E-state index in [1.54, 1.807) is 14.0 Å². The zero-order valence-corrected chi connectivity index (χ0v) is 19.0. The minimum absolute atomic E-state index is 0.204. The third kappa shape index (κ3) is 4.23. The molecule has 8 nitrogen and oxygen atoms in total. The lowest BCUT2D eigenvalue weighted by Gasteiger charge is -2.16. The van der Waals surface area contributed by atoms with Crippen LogP contribution in [0.15, 0.2) is 23.1 Å². The molecule has 31 heavy (non-hydrogen) atoms. The monoisotopic (exact) mass is 438 g/mol. The van der Waals surface area contributed by atoms with Gasteiger partial charge in [0.1, 0.15) is 15.7 Å². The van der Waals surface area contributed by atoms with Crippen LogP contribution in [0.2, 0.25) is 0 Å². The lowest BCUT2D eigenvalue weighted by molar-refractivity contribution is 0.0954. The van der Waals surface area contributed by atoms with Crippen molar-refractivity contribution in [3.63, 3.8) is 0 Å². The first kappa shape index (κ1) is 21.2. The van der Waals surface area contributed by atoms with Crippen LogP contribution in [0.1, 0.15) is 45.0 Å². The molecule has 0 bridgehead atoms. The highest BCUT2D eigenvalue weighted by atomic mass is 32.1. The standard InChI is InChI=1S/C22H26N6O2S/c1-13-14(2)26-27(4)22(30)18(13)21-25-15(3)19(31-21)20(29)24-12-16-7-8-17(23-11-16)28-9-5-6-10-28/h7-8,11H,5-6,9-10,12H2,1-4H3,(H,24,29). The number of pyridine rings is 1. The molecule has 1 N–H and O–H groups in total. The third-order valence-corrected chi connectivity index (χ3v) is 6.81. The quantitative estimate of drug-likeness (QED) is 0.658. The predicted molar refractivity (Wildman–Crippen MR) is 122 cm³/mol. The molecule has 1 saturated heterocycles. The molecule has 0 atom stereocenters. The van der Waals surface area contributed by atoms with Gasteiger partial charge >= 0.3 is 0 Å². The van der Waals surface area contributed by atoms with Gasteiger partial charge in [0.15, 0.2) is 0 Å². The number of hydrogen-bond donors (Lipinski definition) is 1. The van der Waals surface area contributed by atoms with E-state index >= 15 is 0 Å². The number of aromatic nitrogens is 4. The fraction of sp³-hybridized carbons (Fsp3) is 0.409. The number of hydrogen-bond acceptors (Lipinski definition) is 7.